The van der Waals surface area contributed by atoms with Crippen molar-refractivity contribution in [2.75, 3.05) is 0 Å². The fraction of sp³-hybridized carbons (Fsp3) is 0.265. The van der Waals surface area contributed by atoms with Crippen molar-refractivity contribution in [1.29, 1.82) is 0 Å². The Bertz CT molecular complexity index is 2530. The second kappa shape index (κ2) is 21.4. The molecule has 0 atom stereocenters. The molecule has 0 aromatic carbocycles. The van der Waals surface area contributed by atoms with Crippen LogP contribution in [0.3, 0.4) is 0 Å². The summed E-state index contributed by atoms with van der Waals surface area (Å²) in [5, 5.41) is 6.40. The fourth-order valence-electron chi connectivity index (χ4n) is 7.69. The minimum Gasteiger partial charge on any atom is -0.144 e. The van der Waals surface area contributed by atoms with Crippen molar-refractivity contribution >= 4 is 127 Å². The SMILES string of the molecule is CC[Si](CC)(CC)c1ccc(-c2ccc(-c3ccc(C)s3)s2)s1.CC[Si](CC)(CC)c1ccc(-c2ccc(-c3cccs3)s2)s1.c1csc(-c2ccc(-c3cccs3)s2)c1. The van der Waals surface area contributed by atoms with Crippen LogP contribution in [0.4, 0.5) is 0 Å². The second-order valence-corrected chi connectivity index (χ2v) is 35.6. The molecule has 0 aliphatic carbocycles. The van der Waals surface area contributed by atoms with Gasteiger partial charge in [-0.3, -0.25) is 0 Å². The molecule has 60 heavy (non-hydrogen) atoms. The maximum Gasteiger partial charge on any atom is 0.0987 e. The summed E-state index contributed by atoms with van der Waals surface area (Å²) in [6, 6.07) is 48.7. The summed E-state index contributed by atoms with van der Waals surface area (Å²) in [5.41, 5.74) is 0. The molecule has 0 N–H and O–H groups in total. The summed E-state index contributed by atoms with van der Waals surface area (Å²) in [7, 11) is -2.46. The summed E-state index contributed by atoms with van der Waals surface area (Å²) >= 11 is 17.2. The molecule has 0 fully saturated rings. The van der Waals surface area contributed by atoms with E-state index in [0.717, 1.165) is 0 Å². The van der Waals surface area contributed by atoms with Crippen LogP contribution in [-0.4, -0.2) is 16.1 Å². The molecule has 9 aromatic heterocycles. The molecule has 0 nitrogen and oxygen atoms in total. The molecule has 9 aromatic rings. The highest BCUT2D eigenvalue weighted by atomic mass is 32.1. The average molecular weight is 988 g/mol. The van der Waals surface area contributed by atoms with E-state index in [-0.39, 0.29) is 0 Å². The number of aryl methyl sites for hydroxylation is 1. The summed E-state index contributed by atoms with van der Waals surface area (Å²) in [5.74, 6) is 0. The Morgan fingerprint density at radius 1 is 0.300 bits per heavy atom. The Labute approximate surface area is 396 Å². The average Bonchev–Trinajstić information content (AvgIpc) is 4.13. The monoisotopic (exact) mass is 986 g/mol. The molecule has 9 rings (SSSR count). The van der Waals surface area contributed by atoms with Crippen LogP contribution >= 0.6 is 102 Å². The van der Waals surface area contributed by atoms with Gasteiger partial charge < -0.3 is 0 Å². The molecule has 0 amide bonds. The van der Waals surface area contributed by atoms with Crippen molar-refractivity contribution in [3.63, 3.8) is 0 Å². The van der Waals surface area contributed by atoms with Gasteiger partial charge >= 0.3 is 0 Å². The van der Waals surface area contributed by atoms with E-state index in [1.54, 1.807) is 31.7 Å². The van der Waals surface area contributed by atoms with Crippen LogP contribution in [-0.2, 0) is 0 Å². The molecule has 0 radical (unpaired) electrons. The van der Waals surface area contributed by atoms with Gasteiger partial charge in [-0.2, -0.15) is 0 Å². The van der Waals surface area contributed by atoms with Gasteiger partial charge in [-0.1, -0.05) is 108 Å². The lowest BCUT2D eigenvalue weighted by molar-refractivity contribution is 1.20. The molecule has 0 saturated carbocycles. The molecule has 9 heterocycles. The van der Waals surface area contributed by atoms with Gasteiger partial charge in [-0.05, 0) is 111 Å². The molecule has 312 valence electrons. The van der Waals surface area contributed by atoms with Crippen molar-refractivity contribution in [3.8, 4) is 58.5 Å². The van der Waals surface area contributed by atoms with E-state index in [9.17, 15) is 0 Å². The summed E-state index contributed by atoms with van der Waals surface area (Å²) < 4.78 is 3.39. The van der Waals surface area contributed by atoms with Crippen LogP contribution in [0, 0.1) is 6.92 Å². The van der Waals surface area contributed by atoms with Gasteiger partial charge in [0.2, 0.25) is 0 Å². The maximum atomic E-state index is 2.43. The predicted octanol–water partition coefficient (Wildman–Crippen LogP) is 19.4. The first kappa shape index (κ1) is 45.7. The lowest BCUT2D eigenvalue weighted by Crippen LogP contribution is -2.43. The zero-order valence-corrected chi connectivity index (χ0v) is 44.9. The Kier molecular flexibility index (Phi) is 16.3. The number of hydrogen-bond donors (Lipinski definition) is 0. The van der Waals surface area contributed by atoms with Gasteiger partial charge in [0.05, 0.1) is 16.1 Å². The smallest absolute Gasteiger partial charge is 0.0987 e. The Balaban J connectivity index is 0.000000139. The molecule has 0 aliphatic heterocycles. The summed E-state index contributed by atoms with van der Waals surface area (Å²) in [6.07, 6.45) is 0. The molecule has 0 unspecified atom stereocenters. The third kappa shape index (κ3) is 10.4. The normalized spacial score (nSPS) is 11.7. The number of thiophene rings is 9. The molecule has 0 saturated heterocycles. The number of hydrogen-bond acceptors (Lipinski definition) is 9. The van der Waals surface area contributed by atoms with Crippen LogP contribution < -0.4 is 9.00 Å². The molecule has 0 bridgehead atoms. The van der Waals surface area contributed by atoms with E-state index in [1.807, 2.05) is 56.7 Å². The zero-order chi connectivity index (χ0) is 42.1. The zero-order valence-electron chi connectivity index (χ0n) is 35.5. The highest BCUT2D eigenvalue weighted by molar-refractivity contribution is 7.33. The summed E-state index contributed by atoms with van der Waals surface area (Å²) in [4.78, 5) is 18.2. The van der Waals surface area contributed by atoms with Gasteiger partial charge in [0.25, 0.3) is 0 Å². The molecule has 0 aliphatic rings. The van der Waals surface area contributed by atoms with Gasteiger partial charge in [0.15, 0.2) is 0 Å². The van der Waals surface area contributed by atoms with E-state index in [1.165, 1.54) is 99.7 Å². The number of rotatable bonds is 14. The first-order valence-corrected chi connectivity index (χ1v) is 33.7. The fourth-order valence-corrected chi connectivity index (χ4v) is 26.8. The first-order valence-electron chi connectivity index (χ1n) is 21.0. The third-order valence-corrected chi connectivity index (χ3v) is 35.5. The maximum absolute atomic E-state index is 2.43. The van der Waals surface area contributed by atoms with Crippen molar-refractivity contribution in [1.82, 2.24) is 0 Å². The minimum absolute atomic E-state index is 1.23. The highest BCUT2D eigenvalue weighted by Gasteiger charge is 2.32. The highest BCUT2D eigenvalue weighted by Crippen LogP contribution is 2.41. The van der Waals surface area contributed by atoms with Crippen molar-refractivity contribution in [3.05, 3.63) is 130 Å². The van der Waals surface area contributed by atoms with Crippen LogP contribution in [0.25, 0.3) is 58.5 Å². The van der Waals surface area contributed by atoms with Gasteiger partial charge in [0.1, 0.15) is 0 Å². The van der Waals surface area contributed by atoms with Crippen LogP contribution in [0.15, 0.2) is 125 Å². The molecular formula is C49H54S9Si2. The van der Waals surface area contributed by atoms with Crippen LogP contribution in [0.1, 0.15) is 46.4 Å². The first-order chi connectivity index (χ1) is 29.3. The third-order valence-electron chi connectivity index (χ3n) is 11.9. The Hall–Kier alpha value is -2.27. The quantitative estimate of drug-likeness (QED) is 0.0953. The van der Waals surface area contributed by atoms with Crippen LogP contribution in [0.2, 0.25) is 36.3 Å². The molecule has 11 heteroatoms. The topological polar surface area (TPSA) is 0 Å². The largest absolute Gasteiger partial charge is 0.144 e. The predicted molar refractivity (Wildman–Crippen MR) is 291 cm³/mol. The molecular weight excluding hydrogens is 933 g/mol. The van der Waals surface area contributed by atoms with Crippen LogP contribution in [0.5, 0.6) is 0 Å². The summed E-state index contributed by atoms with van der Waals surface area (Å²) in [6.45, 7) is 16.5. The standard InChI is InChI=1S/C19H24S3Si.C18H22S3Si.C12H8S3/c1-5-23(6-2,7-3)19-13-12-18(22-19)17-11-10-16(21-17)15-9-8-14(4)20-15;1-4-22(5-2,6-3)18-12-11-17(21-18)16-10-9-15(20-16)14-8-7-13-19-14;1-3-9(13-7-1)11-5-6-12(15-11)10-4-2-8-14-10/h8-13H,5-7H2,1-4H3;7-13H,4-6H2,1-3H3;1-8H. The Morgan fingerprint density at radius 3 is 0.833 bits per heavy atom. The molecule has 0 spiro atoms. The van der Waals surface area contributed by atoms with Crippen molar-refractivity contribution in [2.24, 2.45) is 0 Å². The van der Waals surface area contributed by atoms with Gasteiger partial charge in [-0.25, -0.2) is 0 Å². The lowest BCUT2D eigenvalue weighted by atomic mass is 10.3. The van der Waals surface area contributed by atoms with Gasteiger partial charge in [0, 0.05) is 63.4 Å². The van der Waals surface area contributed by atoms with E-state index < -0.39 is 16.1 Å². The van der Waals surface area contributed by atoms with E-state index in [4.69, 9.17) is 0 Å². The minimum atomic E-state index is -1.23. The van der Waals surface area contributed by atoms with Gasteiger partial charge in [-0.15, -0.1) is 102 Å². The van der Waals surface area contributed by atoms with Crippen molar-refractivity contribution < 1.29 is 0 Å². The lowest BCUT2D eigenvalue weighted by Gasteiger charge is -2.26. The van der Waals surface area contributed by atoms with E-state index in [2.05, 4.69) is 196 Å². The van der Waals surface area contributed by atoms with E-state index in [0.29, 0.717) is 0 Å². The second-order valence-electron chi connectivity index (χ2n) is 14.8. The van der Waals surface area contributed by atoms with Crippen molar-refractivity contribution in [2.45, 2.75) is 84.7 Å². The Morgan fingerprint density at radius 2 is 0.567 bits per heavy atom. The van der Waals surface area contributed by atoms with E-state index >= 15 is 0 Å².